The largest absolute Gasteiger partial charge is 0.480 e. The van der Waals surface area contributed by atoms with Gasteiger partial charge in [0.2, 0.25) is 5.91 Å². The minimum atomic E-state index is -1.08. The maximum atomic E-state index is 12.1. The van der Waals surface area contributed by atoms with E-state index in [1.165, 1.54) is 30.0 Å². The first-order valence-corrected chi connectivity index (χ1v) is 11.6. The number of carboxylic acid groups (broad SMARTS) is 1. The molecule has 2 N–H and O–H groups in total. The van der Waals surface area contributed by atoms with E-state index in [1.54, 1.807) is 6.07 Å². The van der Waals surface area contributed by atoms with Gasteiger partial charge in [0.15, 0.2) is 0 Å². The van der Waals surface area contributed by atoms with E-state index >= 15 is 0 Å². The molecule has 1 unspecified atom stereocenters. The van der Waals surface area contributed by atoms with Crippen molar-refractivity contribution in [1.82, 2.24) is 5.32 Å². The molecule has 0 spiro atoms. The second-order valence-electron chi connectivity index (χ2n) is 6.57. The molecule has 1 amide bonds. The Labute approximate surface area is 197 Å². The standard InChI is InChI=1S/C23H19BrClNO4S/c24-17-9-10-20-16(11-17)12-21(30-20)18(25)7-4-8-22(27)26-19(23(28)29)14-31-13-15-5-2-1-3-6-15/h1-12,19H,13-14H2,(H,26,27)(H,28,29)/b8-4+,18-7-. The Hall–Kier alpha value is -2.48. The van der Waals surface area contributed by atoms with Crippen LogP contribution in [0.1, 0.15) is 11.3 Å². The first kappa shape index (κ1) is 23.2. The van der Waals surface area contributed by atoms with Crippen LogP contribution in [0.4, 0.5) is 0 Å². The molecule has 0 saturated heterocycles. The minimum Gasteiger partial charge on any atom is -0.480 e. The SMILES string of the molecule is O=C(/C=C/C=C(\Cl)c1cc2cc(Br)ccc2o1)NC(CSCc1ccccc1)C(=O)O. The second kappa shape index (κ2) is 11.2. The Morgan fingerprint density at radius 2 is 1.97 bits per heavy atom. The number of benzene rings is 2. The summed E-state index contributed by atoms with van der Waals surface area (Å²) in [6.07, 6.45) is 4.21. The molecule has 0 aliphatic carbocycles. The molecule has 3 aromatic rings. The lowest BCUT2D eigenvalue weighted by Crippen LogP contribution is -2.41. The van der Waals surface area contributed by atoms with Crippen LogP contribution in [0.25, 0.3) is 16.0 Å². The second-order valence-corrected chi connectivity index (χ2v) is 8.92. The summed E-state index contributed by atoms with van der Waals surface area (Å²) in [6, 6.07) is 16.2. The number of allylic oxidation sites excluding steroid dienone is 2. The monoisotopic (exact) mass is 519 g/mol. The quantitative estimate of drug-likeness (QED) is 0.274. The fourth-order valence-corrected chi connectivity index (χ4v) is 4.25. The molecule has 0 saturated carbocycles. The van der Waals surface area contributed by atoms with E-state index in [9.17, 15) is 14.7 Å². The number of hydrogen-bond donors (Lipinski definition) is 2. The molecule has 0 fully saturated rings. The zero-order valence-electron chi connectivity index (χ0n) is 16.3. The number of carbonyl (C=O) groups is 2. The van der Waals surface area contributed by atoms with Gasteiger partial charge in [-0.2, -0.15) is 11.8 Å². The molecule has 3 rings (SSSR count). The van der Waals surface area contributed by atoms with Crippen LogP contribution in [0, 0.1) is 0 Å². The Morgan fingerprint density at radius 3 is 2.71 bits per heavy atom. The highest BCUT2D eigenvalue weighted by atomic mass is 79.9. The Kier molecular flexibility index (Phi) is 8.40. The summed E-state index contributed by atoms with van der Waals surface area (Å²) in [7, 11) is 0. The van der Waals surface area contributed by atoms with Gasteiger partial charge in [0.1, 0.15) is 17.4 Å². The molecule has 31 heavy (non-hydrogen) atoms. The molecule has 5 nitrogen and oxygen atoms in total. The number of amides is 1. The average Bonchev–Trinajstić information content (AvgIpc) is 3.17. The van der Waals surface area contributed by atoms with Gasteiger partial charge in [0.05, 0.1) is 5.03 Å². The van der Waals surface area contributed by atoms with Crippen molar-refractivity contribution in [3.8, 4) is 0 Å². The summed E-state index contributed by atoms with van der Waals surface area (Å²) in [6.45, 7) is 0. The maximum absolute atomic E-state index is 12.1. The van der Waals surface area contributed by atoms with Gasteiger partial charge in [-0.1, -0.05) is 63.9 Å². The molecule has 0 bridgehead atoms. The van der Waals surface area contributed by atoms with Gasteiger partial charge >= 0.3 is 5.97 Å². The maximum Gasteiger partial charge on any atom is 0.327 e. The van der Waals surface area contributed by atoms with Gasteiger partial charge in [-0.15, -0.1) is 0 Å². The predicted octanol–water partition coefficient (Wildman–Crippen LogP) is 5.83. The molecule has 0 aliphatic heterocycles. The van der Waals surface area contributed by atoms with Crippen LogP contribution in [0.2, 0.25) is 0 Å². The first-order valence-electron chi connectivity index (χ1n) is 9.30. The fourth-order valence-electron chi connectivity index (χ4n) is 2.70. The molecule has 1 atom stereocenters. The van der Waals surface area contributed by atoms with E-state index in [4.69, 9.17) is 16.0 Å². The molecule has 1 aromatic heterocycles. The molecule has 1 heterocycles. The smallest absolute Gasteiger partial charge is 0.327 e. The van der Waals surface area contributed by atoms with Crippen molar-refractivity contribution in [3.63, 3.8) is 0 Å². The van der Waals surface area contributed by atoms with Crippen LogP contribution in [0.15, 0.2) is 81.7 Å². The van der Waals surface area contributed by atoms with Crippen LogP contribution in [-0.4, -0.2) is 28.8 Å². The van der Waals surface area contributed by atoms with Gasteiger partial charge < -0.3 is 14.8 Å². The summed E-state index contributed by atoms with van der Waals surface area (Å²) in [5.41, 5.74) is 1.80. The minimum absolute atomic E-state index is 0.259. The zero-order chi connectivity index (χ0) is 22.2. The van der Waals surface area contributed by atoms with E-state index in [0.717, 1.165) is 15.4 Å². The topological polar surface area (TPSA) is 79.5 Å². The Balaban J connectivity index is 1.54. The third-order valence-electron chi connectivity index (χ3n) is 4.21. The number of carboxylic acids is 1. The zero-order valence-corrected chi connectivity index (χ0v) is 19.4. The molecule has 8 heteroatoms. The lowest BCUT2D eigenvalue weighted by Gasteiger charge is -2.12. The number of rotatable bonds is 9. The summed E-state index contributed by atoms with van der Waals surface area (Å²) in [5.74, 6) is -0.190. The number of fused-ring (bicyclic) bond motifs is 1. The number of hydrogen-bond acceptors (Lipinski definition) is 4. The van der Waals surface area contributed by atoms with Gasteiger partial charge in [0.25, 0.3) is 0 Å². The van der Waals surface area contributed by atoms with Crippen molar-refractivity contribution in [2.45, 2.75) is 11.8 Å². The van der Waals surface area contributed by atoms with E-state index in [2.05, 4.69) is 21.2 Å². The highest BCUT2D eigenvalue weighted by Gasteiger charge is 2.18. The number of nitrogens with one attached hydrogen (secondary N) is 1. The number of furan rings is 1. The van der Waals surface area contributed by atoms with Crippen LogP contribution in [0.5, 0.6) is 0 Å². The van der Waals surface area contributed by atoms with Crippen molar-refractivity contribution in [2.24, 2.45) is 0 Å². The number of aliphatic carboxylic acids is 1. The molecular formula is C23H19BrClNO4S. The number of halogens is 2. The van der Waals surface area contributed by atoms with Gasteiger partial charge in [-0.05, 0) is 35.9 Å². The van der Waals surface area contributed by atoms with Gasteiger partial charge in [-0.25, -0.2) is 4.79 Å². The average molecular weight is 521 g/mol. The Morgan fingerprint density at radius 1 is 1.19 bits per heavy atom. The van der Waals surface area contributed by atoms with Crippen molar-refractivity contribution >= 4 is 67.2 Å². The lowest BCUT2D eigenvalue weighted by molar-refractivity contribution is -0.140. The van der Waals surface area contributed by atoms with Crippen molar-refractivity contribution < 1.29 is 19.1 Å². The molecule has 160 valence electrons. The third kappa shape index (κ3) is 7.02. The first-order chi connectivity index (χ1) is 14.9. The normalized spacial score (nSPS) is 12.9. The van der Waals surface area contributed by atoms with Gasteiger partial charge in [0, 0.05) is 27.4 Å². The molecule has 0 aliphatic rings. The summed E-state index contributed by atoms with van der Waals surface area (Å²) in [4.78, 5) is 23.6. The molecule has 2 aromatic carbocycles. The highest BCUT2D eigenvalue weighted by molar-refractivity contribution is 9.10. The van der Waals surface area contributed by atoms with Crippen LogP contribution in [0.3, 0.4) is 0 Å². The number of thioether (sulfide) groups is 1. The van der Waals surface area contributed by atoms with Crippen molar-refractivity contribution in [3.05, 3.63) is 88.6 Å². The summed E-state index contributed by atoms with van der Waals surface area (Å²) < 4.78 is 6.61. The van der Waals surface area contributed by atoms with E-state index < -0.39 is 17.9 Å². The van der Waals surface area contributed by atoms with Crippen LogP contribution >= 0.6 is 39.3 Å². The van der Waals surface area contributed by atoms with Crippen molar-refractivity contribution in [2.75, 3.05) is 5.75 Å². The van der Waals surface area contributed by atoms with E-state index in [0.29, 0.717) is 22.1 Å². The predicted molar refractivity (Wildman–Crippen MR) is 129 cm³/mol. The molecular weight excluding hydrogens is 502 g/mol. The van der Waals surface area contributed by atoms with Crippen LogP contribution in [-0.2, 0) is 15.3 Å². The van der Waals surface area contributed by atoms with E-state index in [-0.39, 0.29) is 5.75 Å². The molecule has 0 radical (unpaired) electrons. The third-order valence-corrected chi connectivity index (χ3v) is 6.13. The lowest BCUT2D eigenvalue weighted by atomic mass is 10.2. The Bertz CT molecular complexity index is 1130. The number of carbonyl (C=O) groups excluding carboxylic acids is 1. The summed E-state index contributed by atoms with van der Waals surface area (Å²) in [5, 5.41) is 13.1. The summed E-state index contributed by atoms with van der Waals surface area (Å²) >= 11 is 11.1. The highest BCUT2D eigenvalue weighted by Crippen LogP contribution is 2.28. The van der Waals surface area contributed by atoms with Crippen LogP contribution < -0.4 is 5.32 Å². The van der Waals surface area contributed by atoms with Gasteiger partial charge in [-0.3, -0.25) is 4.79 Å². The van der Waals surface area contributed by atoms with Crippen molar-refractivity contribution in [1.29, 1.82) is 0 Å². The van der Waals surface area contributed by atoms with E-state index in [1.807, 2.05) is 48.5 Å². The fraction of sp³-hybridized carbons (Fsp3) is 0.130.